The molecular weight excluding hydrogens is 470 g/mol. The zero-order chi connectivity index (χ0) is 24.5. The van der Waals surface area contributed by atoms with Crippen molar-refractivity contribution in [3.8, 4) is 17.1 Å². The van der Waals surface area contributed by atoms with Gasteiger partial charge in [-0.25, -0.2) is 9.97 Å². The smallest absolute Gasteiger partial charge is 0.274 e. The Morgan fingerprint density at radius 2 is 2.11 bits per heavy atom. The van der Waals surface area contributed by atoms with E-state index in [-0.39, 0.29) is 29.5 Å². The number of piperidine rings is 1. The third-order valence-electron chi connectivity index (χ3n) is 6.43. The number of carbonyl (C=O) groups is 2. The van der Waals surface area contributed by atoms with Crippen LogP contribution in [0.15, 0.2) is 42.9 Å². The molecule has 0 aromatic carbocycles. The maximum Gasteiger partial charge on any atom is 0.274 e. The average molecular weight is 494 g/mol. The lowest BCUT2D eigenvalue weighted by molar-refractivity contribution is -0.123. The molecule has 1 saturated heterocycles. The molecule has 2 amide bonds. The molecule has 0 saturated carbocycles. The van der Waals surface area contributed by atoms with Gasteiger partial charge in [0.2, 0.25) is 11.8 Å². The van der Waals surface area contributed by atoms with Gasteiger partial charge in [0, 0.05) is 47.9 Å². The lowest BCUT2D eigenvalue weighted by Crippen LogP contribution is -2.49. The minimum absolute atomic E-state index is 0.225. The van der Waals surface area contributed by atoms with Gasteiger partial charge in [-0.05, 0) is 43.0 Å². The molecule has 11 heteroatoms. The number of likely N-dealkylation sites (tertiary alicyclic amines) is 1. The summed E-state index contributed by atoms with van der Waals surface area (Å²) in [6, 6.07) is 7.10. The van der Waals surface area contributed by atoms with Gasteiger partial charge in [-0.15, -0.1) is 0 Å². The molecular formula is C24H24ClN7O3. The molecule has 4 aromatic rings. The van der Waals surface area contributed by atoms with Crippen molar-refractivity contribution in [2.24, 2.45) is 11.7 Å². The summed E-state index contributed by atoms with van der Waals surface area (Å²) in [6.07, 6.45) is 6.66. The van der Waals surface area contributed by atoms with E-state index in [0.717, 1.165) is 16.6 Å². The number of amides is 2. The maximum absolute atomic E-state index is 13.5. The van der Waals surface area contributed by atoms with Crippen LogP contribution in [-0.4, -0.2) is 61.6 Å². The summed E-state index contributed by atoms with van der Waals surface area (Å²) in [5.41, 5.74) is 8.85. The number of nitrogens with one attached hydrogen (secondary N) is 2. The number of hydrogen-bond acceptors (Lipinski definition) is 6. The van der Waals surface area contributed by atoms with Gasteiger partial charge in [0.1, 0.15) is 5.65 Å². The lowest BCUT2D eigenvalue weighted by atomic mass is 9.87. The first-order valence-electron chi connectivity index (χ1n) is 11.2. The summed E-state index contributed by atoms with van der Waals surface area (Å²) in [4.78, 5) is 38.9. The number of nitrogens with two attached hydrogens (primary N) is 1. The third kappa shape index (κ3) is 4.57. The van der Waals surface area contributed by atoms with E-state index >= 15 is 0 Å². The number of halogens is 1. The molecule has 180 valence electrons. The Hall–Kier alpha value is -3.92. The maximum atomic E-state index is 13.5. The van der Waals surface area contributed by atoms with E-state index in [1.807, 2.05) is 18.3 Å². The first kappa shape index (κ1) is 22.9. The molecule has 10 nitrogen and oxygen atoms in total. The van der Waals surface area contributed by atoms with E-state index in [4.69, 9.17) is 22.1 Å². The Morgan fingerprint density at radius 1 is 1.26 bits per heavy atom. The Kier molecular flexibility index (Phi) is 6.12. The van der Waals surface area contributed by atoms with E-state index in [1.54, 1.807) is 23.2 Å². The van der Waals surface area contributed by atoms with Crippen molar-refractivity contribution < 1.29 is 14.3 Å². The van der Waals surface area contributed by atoms with E-state index in [2.05, 4.69) is 25.1 Å². The number of H-pyrrole nitrogens is 2. The normalized spacial score (nSPS) is 18.1. The van der Waals surface area contributed by atoms with Gasteiger partial charge in [-0.3, -0.25) is 14.7 Å². The first-order valence-corrected chi connectivity index (χ1v) is 11.6. The molecule has 0 bridgehead atoms. The molecule has 0 radical (unpaired) electrons. The number of ether oxygens (including phenoxy) is 1. The monoisotopic (exact) mass is 493 g/mol. The highest BCUT2D eigenvalue weighted by Crippen LogP contribution is 2.31. The molecule has 0 aliphatic carbocycles. The van der Waals surface area contributed by atoms with Gasteiger partial charge < -0.3 is 20.4 Å². The number of nitrogens with zero attached hydrogens (tertiary/aromatic N) is 4. The number of methoxy groups -OCH3 is 1. The van der Waals surface area contributed by atoms with Crippen molar-refractivity contribution >= 4 is 34.4 Å². The molecule has 2 atom stereocenters. The van der Waals surface area contributed by atoms with Crippen LogP contribution in [0.25, 0.3) is 22.3 Å². The molecule has 0 spiro atoms. The number of carbonyl (C=O) groups excluding carboxylic acids is 2. The molecule has 5 rings (SSSR count). The summed E-state index contributed by atoms with van der Waals surface area (Å²) in [5.74, 6) is -0.461. The molecule has 35 heavy (non-hydrogen) atoms. The van der Waals surface area contributed by atoms with Gasteiger partial charge in [-0.2, -0.15) is 5.10 Å². The predicted molar refractivity (Wildman–Crippen MR) is 130 cm³/mol. The summed E-state index contributed by atoms with van der Waals surface area (Å²) in [5, 5.41) is 8.53. The van der Waals surface area contributed by atoms with Crippen molar-refractivity contribution in [3.63, 3.8) is 0 Å². The highest BCUT2D eigenvalue weighted by Gasteiger charge is 2.35. The number of aromatic nitrogens is 5. The first-order chi connectivity index (χ1) is 16.9. The minimum atomic E-state index is -0.343. The van der Waals surface area contributed by atoms with Crippen LogP contribution in [0.4, 0.5) is 0 Å². The largest absolute Gasteiger partial charge is 0.481 e. The highest BCUT2D eigenvalue weighted by atomic mass is 35.5. The van der Waals surface area contributed by atoms with Gasteiger partial charge in [0.15, 0.2) is 5.69 Å². The number of pyridine rings is 2. The van der Waals surface area contributed by atoms with E-state index in [1.165, 1.54) is 13.3 Å². The molecule has 1 fully saturated rings. The topological polar surface area (TPSA) is 143 Å². The zero-order valence-corrected chi connectivity index (χ0v) is 19.7. The average Bonchev–Trinajstić information content (AvgIpc) is 3.53. The van der Waals surface area contributed by atoms with Crippen LogP contribution in [0.1, 0.15) is 28.9 Å². The van der Waals surface area contributed by atoms with Crippen LogP contribution in [-0.2, 0) is 11.2 Å². The van der Waals surface area contributed by atoms with Crippen LogP contribution in [0, 0.1) is 5.92 Å². The van der Waals surface area contributed by atoms with Crippen LogP contribution < -0.4 is 10.5 Å². The molecule has 4 N–H and O–H groups in total. The van der Waals surface area contributed by atoms with Crippen LogP contribution in [0.3, 0.4) is 0 Å². The SMILES string of the molecule is COc1cc(-c2cc(C(=O)N3CCC(C(N)=O)CC3Cc3cnc4[nH]ccc4c3)n[nH]2)c(Cl)cn1. The van der Waals surface area contributed by atoms with Crippen LogP contribution in [0.2, 0.25) is 5.02 Å². The van der Waals surface area contributed by atoms with E-state index < -0.39 is 0 Å². The summed E-state index contributed by atoms with van der Waals surface area (Å²) in [7, 11) is 1.51. The summed E-state index contributed by atoms with van der Waals surface area (Å²) >= 11 is 6.30. The molecule has 5 heterocycles. The Balaban J connectivity index is 1.41. The van der Waals surface area contributed by atoms with Gasteiger partial charge in [0.05, 0.1) is 24.0 Å². The molecule has 1 aliphatic rings. The van der Waals surface area contributed by atoms with Gasteiger partial charge in [0.25, 0.3) is 5.91 Å². The lowest BCUT2D eigenvalue weighted by Gasteiger charge is -2.38. The van der Waals surface area contributed by atoms with Crippen molar-refractivity contribution in [2.75, 3.05) is 13.7 Å². The highest BCUT2D eigenvalue weighted by molar-refractivity contribution is 6.33. The van der Waals surface area contributed by atoms with Crippen LogP contribution >= 0.6 is 11.6 Å². The Morgan fingerprint density at radius 3 is 2.91 bits per heavy atom. The number of fused-ring (bicyclic) bond motifs is 1. The summed E-state index contributed by atoms with van der Waals surface area (Å²) in [6.45, 7) is 0.406. The van der Waals surface area contributed by atoms with E-state index in [0.29, 0.717) is 48.0 Å². The van der Waals surface area contributed by atoms with E-state index in [9.17, 15) is 9.59 Å². The molecule has 4 aromatic heterocycles. The molecule has 2 unspecified atom stereocenters. The fourth-order valence-electron chi connectivity index (χ4n) is 4.59. The second kappa shape index (κ2) is 9.38. The van der Waals surface area contributed by atoms with Crippen molar-refractivity contribution in [2.45, 2.75) is 25.3 Å². The number of hydrogen-bond donors (Lipinski definition) is 3. The summed E-state index contributed by atoms with van der Waals surface area (Å²) < 4.78 is 5.18. The molecule has 1 aliphatic heterocycles. The van der Waals surface area contributed by atoms with Gasteiger partial charge in [-0.1, -0.05) is 11.6 Å². The second-order valence-corrected chi connectivity index (χ2v) is 9.02. The minimum Gasteiger partial charge on any atom is -0.481 e. The zero-order valence-electron chi connectivity index (χ0n) is 19.0. The number of aromatic amines is 2. The second-order valence-electron chi connectivity index (χ2n) is 8.61. The van der Waals surface area contributed by atoms with Crippen molar-refractivity contribution in [1.82, 2.24) is 30.0 Å². The third-order valence-corrected chi connectivity index (χ3v) is 6.73. The van der Waals surface area contributed by atoms with Gasteiger partial charge >= 0.3 is 0 Å². The number of rotatable bonds is 6. The predicted octanol–water partition coefficient (Wildman–Crippen LogP) is 2.96. The fourth-order valence-corrected chi connectivity index (χ4v) is 4.80. The quantitative estimate of drug-likeness (QED) is 0.377. The van der Waals surface area contributed by atoms with Crippen molar-refractivity contribution in [1.29, 1.82) is 0 Å². The standard InChI is InChI=1S/C24H24ClN7O3/c1-35-21-9-17(18(25)12-28-21)19-10-20(31-30-19)24(34)32-5-3-14(22(26)33)8-16(32)7-13-6-15-2-4-27-23(15)29-11-13/h2,4,6,9-12,14,16H,3,5,7-8H2,1H3,(H2,26,33)(H,27,29)(H,30,31). The number of primary amides is 1. The Labute approximate surface area is 205 Å². The fraction of sp³-hybridized carbons (Fsp3) is 0.292. The Bertz CT molecular complexity index is 1400. The van der Waals surface area contributed by atoms with Crippen LogP contribution in [0.5, 0.6) is 5.88 Å². The van der Waals surface area contributed by atoms with Crippen molar-refractivity contribution in [3.05, 3.63) is 59.1 Å².